The SMILES string of the molecule is NCCCC[C@H](N)c1cccc(OC(F)(F)F)c1. The Bertz CT molecular complexity index is 369. The zero-order valence-corrected chi connectivity index (χ0v) is 9.91. The van der Waals surface area contributed by atoms with Crippen LogP contribution in [0.5, 0.6) is 5.75 Å². The number of rotatable bonds is 6. The molecule has 0 fully saturated rings. The van der Waals surface area contributed by atoms with E-state index >= 15 is 0 Å². The number of ether oxygens (including phenoxy) is 1. The van der Waals surface area contributed by atoms with Gasteiger partial charge < -0.3 is 16.2 Å². The number of halogens is 3. The van der Waals surface area contributed by atoms with Crippen molar-refractivity contribution in [2.75, 3.05) is 6.54 Å². The van der Waals surface area contributed by atoms with Crippen molar-refractivity contribution in [3.05, 3.63) is 29.8 Å². The molecule has 0 aliphatic carbocycles. The van der Waals surface area contributed by atoms with Crippen LogP contribution in [-0.4, -0.2) is 12.9 Å². The number of alkyl halides is 3. The molecule has 4 N–H and O–H groups in total. The molecule has 0 spiro atoms. The summed E-state index contributed by atoms with van der Waals surface area (Å²) in [6, 6.07) is 5.47. The summed E-state index contributed by atoms with van der Waals surface area (Å²) in [6.45, 7) is 0.587. The maximum absolute atomic E-state index is 12.1. The van der Waals surface area contributed by atoms with Crippen LogP contribution in [0.15, 0.2) is 24.3 Å². The first-order chi connectivity index (χ1) is 8.42. The lowest BCUT2D eigenvalue weighted by Gasteiger charge is -2.14. The second-order valence-electron chi connectivity index (χ2n) is 4.01. The summed E-state index contributed by atoms with van der Waals surface area (Å²) in [5, 5.41) is 0. The van der Waals surface area contributed by atoms with E-state index in [1.54, 1.807) is 6.07 Å². The Kier molecular flexibility index (Phi) is 5.43. The standard InChI is InChI=1S/C12H17F3N2O/c13-12(14,15)18-10-5-3-4-9(8-10)11(17)6-1-2-7-16/h3-5,8,11H,1-2,6-7,16-17H2/t11-/m0/s1. The quantitative estimate of drug-likeness (QED) is 0.775. The van der Waals surface area contributed by atoms with Gasteiger partial charge in [0.25, 0.3) is 0 Å². The molecule has 3 nitrogen and oxygen atoms in total. The Morgan fingerprint density at radius 3 is 2.56 bits per heavy atom. The molecule has 0 amide bonds. The molecule has 102 valence electrons. The van der Waals surface area contributed by atoms with Gasteiger partial charge in [-0.15, -0.1) is 13.2 Å². The van der Waals surface area contributed by atoms with Gasteiger partial charge in [-0.3, -0.25) is 0 Å². The molecule has 0 saturated carbocycles. The summed E-state index contributed by atoms with van der Waals surface area (Å²) in [7, 11) is 0. The second-order valence-corrected chi connectivity index (χ2v) is 4.01. The summed E-state index contributed by atoms with van der Waals surface area (Å²) in [5.41, 5.74) is 11.9. The number of benzene rings is 1. The first-order valence-corrected chi connectivity index (χ1v) is 5.74. The van der Waals surface area contributed by atoms with Crippen molar-refractivity contribution in [1.29, 1.82) is 0 Å². The fraction of sp³-hybridized carbons (Fsp3) is 0.500. The van der Waals surface area contributed by atoms with E-state index in [0.29, 0.717) is 18.5 Å². The summed E-state index contributed by atoms with van der Waals surface area (Å²) in [5.74, 6) is -0.241. The first-order valence-electron chi connectivity index (χ1n) is 5.74. The maximum atomic E-state index is 12.1. The van der Waals surface area contributed by atoms with Gasteiger partial charge in [0, 0.05) is 6.04 Å². The van der Waals surface area contributed by atoms with Gasteiger partial charge in [-0.1, -0.05) is 18.6 Å². The van der Waals surface area contributed by atoms with Gasteiger partial charge in [0.2, 0.25) is 0 Å². The summed E-state index contributed by atoms with van der Waals surface area (Å²) in [6.07, 6.45) is -2.29. The number of unbranched alkanes of at least 4 members (excludes halogenated alkanes) is 1. The molecule has 0 aliphatic rings. The Hall–Kier alpha value is -1.27. The number of hydrogen-bond acceptors (Lipinski definition) is 3. The van der Waals surface area contributed by atoms with E-state index in [-0.39, 0.29) is 11.8 Å². The third-order valence-corrected chi connectivity index (χ3v) is 2.49. The summed E-state index contributed by atoms with van der Waals surface area (Å²) >= 11 is 0. The molecule has 0 radical (unpaired) electrons. The third-order valence-electron chi connectivity index (χ3n) is 2.49. The van der Waals surface area contributed by atoms with Crippen LogP contribution in [0.4, 0.5) is 13.2 Å². The van der Waals surface area contributed by atoms with E-state index in [1.807, 2.05) is 0 Å². The Labute approximate surface area is 104 Å². The molecular formula is C12H17F3N2O. The minimum Gasteiger partial charge on any atom is -0.406 e. The minimum absolute atomic E-state index is 0.241. The second kappa shape index (κ2) is 6.61. The van der Waals surface area contributed by atoms with Gasteiger partial charge >= 0.3 is 6.36 Å². The lowest BCUT2D eigenvalue weighted by Crippen LogP contribution is -2.17. The Morgan fingerprint density at radius 2 is 1.94 bits per heavy atom. The van der Waals surface area contributed by atoms with E-state index in [1.165, 1.54) is 18.2 Å². The van der Waals surface area contributed by atoms with Gasteiger partial charge in [0.15, 0.2) is 0 Å². The highest BCUT2D eigenvalue weighted by molar-refractivity contribution is 5.30. The average Bonchev–Trinajstić information content (AvgIpc) is 2.27. The number of nitrogens with two attached hydrogens (primary N) is 2. The van der Waals surface area contributed by atoms with Gasteiger partial charge in [-0.05, 0) is 37.1 Å². The fourth-order valence-corrected chi connectivity index (χ4v) is 1.62. The van der Waals surface area contributed by atoms with E-state index < -0.39 is 6.36 Å². The van der Waals surface area contributed by atoms with E-state index in [2.05, 4.69) is 4.74 Å². The molecule has 0 unspecified atom stereocenters. The molecular weight excluding hydrogens is 245 g/mol. The molecule has 1 aromatic rings. The lowest BCUT2D eigenvalue weighted by atomic mass is 10.0. The normalized spacial score (nSPS) is 13.4. The highest BCUT2D eigenvalue weighted by Gasteiger charge is 2.31. The topological polar surface area (TPSA) is 61.3 Å². The Balaban J connectivity index is 2.63. The van der Waals surface area contributed by atoms with Crippen molar-refractivity contribution in [2.24, 2.45) is 11.5 Å². The van der Waals surface area contributed by atoms with Crippen molar-refractivity contribution < 1.29 is 17.9 Å². The van der Waals surface area contributed by atoms with Crippen LogP contribution in [-0.2, 0) is 0 Å². The molecule has 1 rings (SSSR count). The molecule has 1 aromatic carbocycles. The molecule has 1 atom stereocenters. The predicted octanol–water partition coefficient (Wildman–Crippen LogP) is 2.71. The van der Waals surface area contributed by atoms with Crippen molar-refractivity contribution in [3.63, 3.8) is 0 Å². The van der Waals surface area contributed by atoms with Gasteiger partial charge in [0.05, 0.1) is 0 Å². The van der Waals surface area contributed by atoms with Crippen molar-refractivity contribution in [2.45, 2.75) is 31.7 Å². The molecule has 0 bridgehead atoms. The fourth-order valence-electron chi connectivity index (χ4n) is 1.62. The van der Waals surface area contributed by atoms with Crippen LogP contribution in [0.3, 0.4) is 0 Å². The van der Waals surface area contributed by atoms with E-state index in [4.69, 9.17) is 11.5 Å². The Morgan fingerprint density at radius 1 is 1.22 bits per heavy atom. The zero-order chi connectivity index (χ0) is 13.6. The van der Waals surface area contributed by atoms with Crippen LogP contribution in [0, 0.1) is 0 Å². The van der Waals surface area contributed by atoms with Crippen molar-refractivity contribution in [1.82, 2.24) is 0 Å². The maximum Gasteiger partial charge on any atom is 0.573 e. The van der Waals surface area contributed by atoms with Crippen LogP contribution >= 0.6 is 0 Å². The average molecular weight is 262 g/mol. The predicted molar refractivity (Wildman–Crippen MR) is 63.0 cm³/mol. The summed E-state index contributed by atoms with van der Waals surface area (Å²) in [4.78, 5) is 0. The largest absolute Gasteiger partial charge is 0.573 e. The molecule has 0 heterocycles. The highest BCUT2D eigenvalue weighted by Crippen LogP contribution is 2.26. The van der Waals surface area contributed by atoms with Gasteiger partial charge in [0.1, 0.15) is 5.75 Å². The monoisotopic (exact) mass is 262 g/mol. The minimum atomic E-state index is -4.68. The third kappa shape index (κ3) is 5.37. The van der Waals surface area contributed by atoms with Crippen LogP contribution < -0.4 is 16.2 Å². The van der Waals surface area contributed by atoms with Crippen molar-refractivity contribution >= 4 is 0 Å². The van der Waals surface area contributed by atoms with E-state index in [9.17, 15) is 13.2 Å². The van der Waals surface area contributed by atoms with Crippen molar-refractivity contribution in [3.8, 4) is 5.75 Å². The van der Waals surface area contributed by atoms with Crippen LogP contribution in [0.2, 0.25) is 0 Å². The lowest BCUT2D eigenvalue weighted by molar-refractivity contribution is -0.274. The zero-order valence-electron chi connectivity index (χ0n) is 9.91. The number of hydrogen-bond donors (Lipinski definition) is 2. The van der Waals surface area contributed by atoms with Crippen LogP contribution in [0.25, 0.3) is 0 Å². The van der Waals surface area contributed by atoms with E-state index in [0.717, 1.165) is 12.8 Å². The van der Waals surface area contributed by atoms with Gasteiger partial charge in [-0.25, -0.2) is 0 Å². The highest BCUT2D eigenvalue weighted by atomic mass is 19.4. The van der Waals surface area contributed by atoms with Crippen LogP contribution in [0.1, 0.15) is 30.9 Å². The first kappa shape index (κ1) is 14.8. The molecule has 0 aromatic heterocycles. The molecule has 0 aliphatic heterocycles. The molecule has 6 heteroatoms. The smallest absolute Gasteiger partial charge is 0.406 e. The molecule has 18 heavy (non-hydrogen) atoms. The van der Waals surface area contributed by atoms with Gasteiger partial charge in [-0.2, -0.15) is 0 Å². The molecule has 0 saturated heterocycles. The summed E-state index contributed by atoms with van der Waals surface area (Å²) < 4.78 is 40.0.